The summed E-state index contributed by atoms with van der Waals surface area (Å²) in [4.78, 5) is 10.9. The highest BCUT2D eigenvalue weighted by atomic mass is 35.5. The summed E-state index contributed by atoms with van der Waals surface area (Å²) in [6.07, 6.45) is 0. The normalized spacial score (nSPS) is 13.2. The standard InChI is InChI=1S/C12H16ClNO5S/c1-7(2)11(12(15)16)14-20(17,18)8-4-5-9(13)10(6-8)19-3/h4-7,11,14H,1-3H3,(H,15,16)/t11-/m0/s1. The predicted molar refractivity (Wildman–Crippen MR) is 74.6 cm³/mol. The number of rotatable bonds is 6. The SMILES string of the molecule is COc1cc(S(=O)(=O)N[C@H](C(=O)O)C(C)C)ccc1Cl. The maximum atomic E-state index is 12.2. The molecule has 1 atom stereocenters. The second-order valence-corrected chi connectivity index (χ2v) is 6.60. The van der Waals surface area contributed by atoms with E-state index in [1.54, 1.807) is 13.8 Å². The maximum absolute atomic E-state index is 12.2. The Labute approximate surface area is 122 Å². The zero-order valence-corrected chi connectivity index (χ0v) is 12.8. The number of hydrogen-bond acceptors (Lipinski definition) is 4. The minimum Gasteiger partial charge on any atom is -0.495 e. The topological polar surface area (TPSA) is 92.7 Å². The fourth-order valence-electron chi connectivity index (χ4n) is 1.51. The van der Waals surface area contributed by atoms with Crippen molar-refractivity contribution in [3.05, 3.63) is 23.2 Å². The lowest BCUT2D eigenvalue weighted by molar-refractivity contribution is -0.140. The number of carboxylic acid groups (broad SMARTS) is 1. The van der Waals surface area contributed by atoms with Crippen molar-refractivity contribution >= 4 is 27.6 Å². The van der Waals surface area contributed by atoms with Gasteiger partial charge >= 0.3 is 5.97 Å². The number of halogens is 1. The summed E-state index contributed by atoms with van der Waals surface area (Å²) in [5.41, 5.74) is 0. The van der Waals surface area contributed by atoms with Crippen LogP contribution in [0.25, 0.3) is 0 Å². The second-order valence-electron chi connectivity index (χ2n) is 4.48. The van der Waals surface area contributed by atoms with Crippen molar-refractivity contribution in [2.24, 2.45) is 5.92 Å². The average molecular weight is 322 g/mol. The van der Waals surface area contributed by atoms with E-state index in [2.05, 4.69) is 4.72 Å². The van der Waals surface area contributed by atoms with Gasteiger partial charge in [-0.2, -0.15) is 4.72 Å². The number of nitrogens with one attached hydrogen (secondary N) is 1. The molecule has 0 saturated heterocycles. The van der Waals surface area contributed by atoms with Crippen LogP contribution in [0.3, 0.4) is 0 Å². The molecule has 0 aromatic heterocycles. The van der Waals surface area contributed by atoms with Crippen molar-refractivity contribution in [3.8, 4) is 5.75 Å². The van der Waals surface area contributed by atoms with Gasteiger partial charge in [-0.25, -0.2) is 8.42 Å². The Hall–Kier alpha value is -1.31. The van der Waals surface area contributed by atoms with E-state index in [1.807, 2.05) is 0 Å². The Morgan fingerprint density at radius 1 is 1.40 bits per heavy atom. The van der Waals surface area contributed by atoms with Gasteiger partial charge in [0, 0.05) is 6.07 Å². The molecule has 2 N–H and O–H groups in total. The molecule has 0 amide bonds. The van der Waals surface area contributed by atoms with Crippen LogP contribution < -0.4 is 9.46 Å². The molecular formula is C12H16ClNO5S. The van der Waals surface area contributed by atoms with Crippen molar-refractivity contribution in [1.29, 1.82) is 0 Å². The molecule has 6 nitrogen and oxygen atoms in total. The molecule has 0 spiro atoms. The van der Waals surface area contributed by atoms with Crippen LogP contribution in [0.1, 0.15) is 13.8 Å². The van der Waals surface area contributed by atoms with Gasteiger partial charge in [0.05, 0.1) is 17.0 Å². The second kappa shape index (κ2) is 6.43. The number of hydrogen-bond donors (Lipinski definition) is 2. The first kappa shape index (κ1) is 16.7. The van der Waals surface area contributed by atoms with Crippen molar-refractivity contribution in [2.75, 3.05) is 7.11 Å². The molecule has 1 aromatic rings. The molecule has 0 unspecified atom stereocenters. The van der Waals surface area contributed by atoms with Gasteiger partial charge < -0.3 is 9.84 Å². The zero-order chi connectivity index (χ0) is 15.5. The van der Waals surface area contributed by atoms with Gasteiger partial charge in [0.15, 0.2) is 0 Å². The number of methoxy groups -OCH3 is 1. The third-order valence-corrected chi connectivity index (χ3v) is 4.40. The van der Waals surface area contributed by atoms with Gasteiger partial charge in [-0.1, -0.05) is 25.4 Å². The molecule has 8 heteroatoms. The van der Waals surface area contributed by atoms with E-state index >= 15 is 0 Å². The molecule has 20 heavy (non-hydrogen) atoms. The number of ether oxygens (including phenoxy) is 1. The number of carboxylic acids is 1. The van der Waals surface area contributed by atoms with Crippen LogP contribution in [0.4, 0.5) is 0 Å². The van der Waals surface area contributed by atoms with Crippen molar-refractivity contribution in [2.45, 2.75) is 24.8 Å². The highest BCUT2D eigenvalue weighted by Gasteiger charge is 2.28. The highest BCUT2D eigenvalue weighted by molar-refractivity contribution is 7.89. The Morgan fingerprint density at radius 3 is 2.45 bits per heavy atom. The highest BCUT2D eigenvalue weighted by Crippen LogP contribution is 2.27. The van der Waals surface area contributed by atoms with E-state index in [4.69, 9.17) is 21.4 Å². The number of sulfonamides is 1. The molecule has 0 aliphatic heterocycles. The average Bonchev–Trinajstić information content (AvgIpc) is 2.35. The smallest absolute Gasteiger partial charge is 0.322 e. The summed E-state index contributed by atoms with van der Waals surface area (Å²) in [6, 6.07) is 2.69. The summed E-state index contributed by atoms with van der Waals surface area (Å²) in [5.74, 6) is -1.42. The molecule has 0 fully saturated rings. The lowest BCUT2D eigenvalue weighted by Gasteiger charge is -2.18. The minimum absolute atomic E-state index is 0.106. The van der Waals surface area contributed by atoms with Crippen molar-refractivity contribution in [1.82, 2.24) is 4.72 Å². The van der Waals surface area contributed by atoms with E-state index in [-0.39, 0.29) is 15.7 Å². The zero-order valence-electron chi connectivity index (χ0n) is 11.3. The van der Waals surface area contributed by atoms with E-state index in [9.17, 15) is 13.2 Å². The third kappa shape index (κ3) is 3.84. The van der Waals surface area contributed by atoms with E-state index < -0.39 is 28.0 Å². The molecule has 1 aromatic carbocycles. The third-order valence-electron chi connectivity index (χ3n) is 2.65. The Balaban J connectivity index is 3.14. The number of benzene rings is 1. The summed E-state index contributed by atoms with van der Waals surface area (Å²) >= 11 is 5.82. The minimum atomic E-state index is -3.97. The molecule has 0 radical (unpaired) electrons. The van der Waals surface area contributed by atoms with Crippen LogP contribution in [0, 0.1) is 5.92 Å². The molecule has 112 valence electrons. The van der Waals surface area contributed by atoms with Crippen LogP contribution in [0.5, 0.6) is 5.75 Å². The van der Waals surface area contributed by atoms with Crippen LogP contribution in [-0.2, 0) is 14.8 Å². The quantitative estimate of drug-likeness (QED) is 0.832. The van der Waals surface area contributed by atoms with Crippen LogP contribution in [0.15, 0.2) is 23.1 Å². The van der Waals surface area contributed by atoms with Crippen molar-refractivity contribution in [3.63, 3.8) is 0 Å². The lowest BCUT2D eigenvalue weighted by atomic mass is 10.1. The lowest BCUT2D eigenvalue weighted by Crippen LogP contribution is -2.44. The molecule has 0 aliphatic carbocycles. The molecule has 0 saturated carbocycles. The predicted octanol–water partition coefficient (Wildman–Crippen LogP) is 1.74. The monoisotopic (exact) mass is 321 g/mol. The van der Waals surface area contributed by atoms with E-state index in [1.165, 1.54) is 25.3 Å². The molecule has 0 aliphatic rings. The number of aliphatic carboxylic acids is 1. The van der Waals surface area contributed by atoms with Gasteiger partial charge in [-0.3, -0.25) is 4.79 Å². The molecular weight excluding hydrogens is 306 g/mol. The summed E-state index contributed by atoms with van der Waals surface area (Å²) in [7, 11) is -2.61. The first-order valence-electron chi connectivity index (χ1n) is 5.77. The summed E-state index contributed by atoms with van der Waals surface area (Å²) in [5, 5.41) is 9.29. The largest absolute Gasteiger partial charge is 0.495 e. The van der Waals surface area contributed by atoms with Crippen LogP contribution in [-0.4, -0.2) is 32.6 Å². The van der Waals surface area contributed by atoms with E-state index in [0.717, 1.165) is 0 Å². The maximum Gasteiger partial charge on any atom is 0.322 e. The molecule has 0 heterocycles. The first-order chi connectivity index (χ1) is 9.19. The van der Waals surface area contributed by atoms with Crippen molar-refractivity contribution < 1.29 is 23.1 Å². The fourth-order valence-corrected chi connectivity index (χ4v) is 3.06. The van der Waals surface area contributed by atoms with Gasteiger partial charge in [-0.05, 0) is 18.1 Å². The van der Waals surface area contributed by atoms with Gasteiger partial charge in [0.25, 0.3) is 0 Å². The van der Waals surface area contributed by atoms with E-state index in [0.29, 0.717) is 0 Å². The van der Waals surface area contributed by atoms with Crippen LogP contribution in [0.2, 0.25) is 5.02 Å². The summed E-state index contributed by atoms with van der Waals surface area (Å²) < 4.78 is 31.4. The van der Waals surface area contributed by atoms with Gasteiger partial charge in [0.1, 0.15) is 11.8 Å². The van der Waals surface area contributed by atoms with Gasteiger partial charge in [0.2, 0.25) is 10.0 Å². The van der Waals surface area contributed by atoms with Crippen LogP contribution >= 0.6 is 11.6 Å². The Kier molecular flexibility index (Phi) is 5.38. The summed E-state index contributed by atoms with van der Waals surface area (Å²) in [6.45, 7) is 3.23. The fraction of sp³-hybridized carbons (Fsp3) is 0.417. The Bertz CT molecular complexity index is 600. The first-order valence-corrected chi connectivity index (χ1v) is 7.64. The van der Waals surface area contributed by atoms with Gasteiger partial charge in [-0.15, -0.1) is 0 Å². The Morgan fingerprint density at radius 2 is 2.00 bits per heavy atom. The molecule has 1 rings (SSSR count). The number of carbonyl (C=O) groups is 1. The molecule has 0 bridgehead atoms.